The van der Waals surface area contributed by atoms with Crippen LogP contribution in [0.1, 0.15) is 29.7 Å². The summed E-state index contributed by atoms with van der Waals surface area (Å²) in [5.74, 6) is 0.682. The summed E-state index contributed by atoms with van der Waals surface area (Å²) in [5.41, 5.74) is 3.07. The predicted octanol–water partition coefficient (Wildman–Crippen LogP) is 1.75. The summed E-state index contributed by atoms with van der Waals surface area (Å²) in [6, 6.07) is 7.63. The van der Waals surface area contributed by atoms with Crippen molar-refractivity contribution in [3.05, 3.63) is 52.3 Å². The number of rotatable bonds is 5. The van der Waals surface area contributed by atoms with Gasteiger partial charge in [-0.1, -0.05) is 23.7 Å². The van der Waals surface area contributed by atoms with Gasteiger partial charge in [-0.3, -0.25) is 0 Å². The molecule has 0 bridgehead atoms. The highest BCUT2D eigenvalue weighted by atomic mass is 35.5. The van der Waals surface area contributed by atoms with Crippen LogP contribution in [-0.4, -0.2) is 64.3 Å². The Bertz CT molecular complexity index is 894. The largest absolute Gasteiger partial charge is 0.394 e. The fraction of sp³-hybridized carbons (Fsp3) is 0.476. The van der Waals surface area contributed by atoms with Crippen molar-refractivity contribution >= 4 is 23.6 Å². The van der Waals surface area contributed by atoms with Gasteiger partial charge in [0.05, 0.1) is 24.9 Å². The lowest BCUT2D eigenvalue weighted by Crippen LogP contribution is -2.48. The Morgan fingerprint density at radius 1 is 1.37 bits per heavy atom. The Labute approximate surface area is 181 Å². The average Bonchev–Trinajstić information content (AvgIpc) is 3.21. The van der Waals surface area contributed by atoms with Crippen molar-refractivity contribution < 1.29 is 9.90 Å². The molecule has 2 aromatic rings. The second-order valence-electron chi connectivity index (χ2n) is 7.94. The standard InChI is InChI=1S/C21H27ClN6O2/c1-13(12-29)25-20-24-8-15-6-7-28(11-19(15)26-20)21(30)27-18-10-23-9-17(18)14-2-4-16(22)5-3-14/h2-5,8,13,17-18,23,29H,6-7,9-12H2,1H3,(H,27,30)(H,24,25,26). The molecular formula is C21H27ClN6O2. The summed E-state index contributed by atoms with van der Waals surface area (Å²) in [7, 11) is 0. The lowest BCUT2D eigenvalue weighted by atomic mass is 9.94. The van der Waals surface area contributed by atoms with Gasteiger partial charge < -0.3 is 26.0 Å². The molecule has 4 rings (SSSR count). The number of aliphatic hydroxyl groups excluding tert-OH is 1. The fourth-order valence-electron chi connectivity index (χ4n) is 3.95. The molecule has 0 radical (unpaired) electrons. The van der Waals surface area contributed by atoms with Crippen molar-refractivity contribution in [2.24, 2.45) is 0 Å². The number of anilines is 1. The van der Waals surface area contributed by atoms with Crippen molar-refractivity contribution in [2.45, 2.75) is 37.9 Å². The third-order valence-electron chi connectivity index (χ3n) is 5.70. The van der Waals surface area contributed by atoms with Gasteiger partial charge >= 0.3 is 6.03 Å². The summed E-state index contributed by atoms with van der Waals surface area (Å²) < 4.78 is 0. The van der Waals surface area contributed by atoms with Gasteiger partial charge in [0.1, 0.15) is 0 Å². The molecule has 1 aromatic heterocycles. The van der Waals surface area contributed by atoms with E-state index in [9.17, 15) is 9.90 Å². The summed E-state index contributed by atoms with van der Waals surface area (Å²) in [6.07, 6.45) is 2.53. The Kier molecular flexibility index (Phi) is 6.36. The quantitative estimate of drug-likeness (QED) is 0.576. The number of carbonyl (C=O) groups is 1. The van der Waals surface area contributed by atoms with Gasteiger partial charge in [-0.05, 0) is 36.6 Å². The zero-order valence-electron chi connectivity index (χ0n) is 16.9. The highest BCUT2D eigenvalue weighted by Gasteiger charge is 2.32. The summed E-state index contributed by atoms with van der Waals surface area (Å²) >= 11 is 6.01. The first-order chi connectivity index (χ1) is 14.5. The molecule has 0 saturated carbocycles. The second-order valence-corrected chi connectivity index (χ2v) is 8.37. The van der Waals surface area contributed by atoms with E-state index in [1.807, 2.05) is 37.4 Å². The Balaban J connectivity index is 1.41. The molecule has 3 heterocycles. The molecule has 0 spiro atoms. The minimum atomic E-state index is -0.134. The number of fused-ring (bicyclic) bond motifs is 1. The van der Waals surface area contributed by atoms with Gasteiger partial charge in [0.2, 0.25) is 5.95 Å². The number of nitrogens with one attached hydrogen (secondary N) is 3. The van der Waals surface area contributed by atoms with Crippen LogP contribution in [0.25, 0.3) is 0 Å². The normalized spacial score (nSPS) is 21.8. The lowest BCUT2D eigenvalue weighted by Gasteiger charge is -2.30. The van der Waals surface area contributed by atoms with Gasteiger partial charge in [-0.2, -0.15) is 0 Å². The minimum absolute atomic E-state index is 0.000808. The molecule has 3 unspecified atom stereocenters. The highest BCUT2D eigenvalue weighted by molar-refractivity contribution is 6.30. The van der Waals surface area contributed by atoms with E-state index in [-0.39, 0.29) is 30.6 Å². The minimum Gasteiger partial charge on any atom is -0.394 e. The predicted molar refractivity (Wildman–Crippen MR) is 116 cm³/mol. The number of carbonyl (C=O) groups excluding carboxylic acids is 1. The van der Waals surface area contributed by atoms with Crippen LogP contribution >= 0.6 is 11.6 Å². The van der Waals surface area contributed by atoms with Crippen LogP contribution in [0.5, 0.6) is 0 Å². The van der Waals surface area contributed by atoms with Crippen LogP contribution in [0, 0.1) is 0 Å². The van der Waals surface area contributed by atoms with Crippen molar-refractivity contribution in [2.75, 3.05) is 31.6 Å². The molecule has 8 nitrogen and oxygen atoms in total. The molecule has 30 heavy (non-hydrogen) atoms. The Morgan fingerprint density at radius 3 is 2.93 bits per heavy atom. The molecule has 0 aliphatic carbocycles. The first-order valence-corrected chi connectivity index (χ1v) is 10.6. The molecule has 1 aromatic carbocycles. The molecule has 160 valence electrons. The van der Waals surface area contributed by atoms with Crippen molar-refractivity contribution in [3.8, 4) is 0 Å². The highest BCUT2D eigenvalue weighted by Crippen LogP contribution is 2.25. The number of benzene rings is 1. The van der Waals surface area contributed by atoms with Crippen LogP contribution in [0.2, 0.25) is 5.02 Å². The third-order valence-corrected chi connectivity index (χ3v) is 5.96. The van der Waals surface area contributed by atoms with E-state index < -0.39 is 0 Å². The SMILES string of the molecule is CC(CO)Nc1ncc2c(n1)CN(C(=O)NC1CNCC1c1ccc(Cl)cc1)CC2. The summed E-state index contributed by atoms with van der Waals surface area (Å²) in [4.78, 5) is 23.6. The molecule has 1 saturated heterocycles. The van der Waals surface area contributed by atoms with Crippen LogP contribution in [0.3, 0.4) is 0 Å². The number of nitrogens with zero attached hydrogens (tertiary/aromatic N) is 3. The molecule has 1 fully saturated rings. The van der Waals surface area contributed by atoms with E-state index in [0.717, 1.165) is 30.8 Å². The summed E-state index contributed by atoms with van der Waals surface area (Å²) in [5, 5.41) is 19.6. The van der Waals surface area contributed by atoms with Gasteiger partial charge in [-0.15, -0.1) is 0 Å². The van der Waals surface area contributed by atoms with Crippen LogP contribution < -0.4 is 16.0 Å². The number of halogens is 1. The van der Waals surface area contributed by atoms with E-state index in [1.165, 1.54) is 5.56 Å². The molecule has 4 N–H and O–H groups in total. The molecule has 3 atom stereocenters. The number of amides is 2. The van der Waals surface area contributed by atoms with Crippen molar-refractivity contribution in [1.82, 2.24) is 25.5 Å². The Hall–Kier alpha value is -2.42. The topological polar surface area (TPSA) is 102 Å². The molecule has 9 heteroatoms. The number of urea groups is 1. The van der Waals surface area contributed by atoms with Crippen LogP contribution in [0.15, 0.2) is 30.5 Å². The zero-order valence-corrected chi connectivity index (χ0v) is 17.7. The average molecular weight is 431 g/mol. The first-order valence-electron chi connectivity index (χ1n) is 10.3. The van der Waals surface area contributed by atoms with Gasteiger partial charge in [-0.25, -0.2) is 14.8 Å². The zero-order chi connectivity index (χ0) is 21.1. The van der Waals surface area contributed by atoms with E-state index in [4.69, 9.17) is 11.6 Å². The number of aromatic nitrogens is 2. The fourth-order valence-corrected chi connectivity index (χ4v) is 4.08. The van der Waals surface area contributed by atoms with Crippen molar-refractivity contribution in [1.29, 1.82) is 0 Å². The first kappa shape index (κ1) is 20.8. The number of hydrogen-bond acceptors (Lipinski definition) is 6. The molecule has 2 aliphatic rings. The molecule has 2 amide bonds. The lowest BCUT2D eigenvalue weighted by molar-refractivity contribution is 0.187. The van der Waals surface area contributed by atoms with Crippen LogP contribution in [-0.2, 0) is 13.0 Å². The van der Waals surface area contributed by atoms with E-state index in [0.29, 0.717) is 24.1 Å². The third kappa shape index (κ3) is 4.66. The maximum absolute atomic E-state index is 13.0. The monoisotopic (exact) mass is 430 g/mol. The molecule has 2 aliphatic heterocycles. The second kappa shape index (κ2) is 9.16. The van der Waals surface area contributed by atoms with E-state index in [1.54, 1.807) is 4.90 Å². The van der Waals surface area contributed by atoms with E-state index in [2.05, 4.69) is 25.9 Å². The van der Waals surface area contributed by atoms with Crippen molar-refractivity contribution in [3.63, 3.8) is 0 Å². The maximum Gasteiger partial charge on any atom is 0.318 e. The van der Waals surface area contributed by atoms with Gasteiger partial charge in [0, 0.05) is 42.8 Å². The number of aliphatic hydroxyl groups is 1. The summed E-state index contributed by atoms with van der Waals surface area (Å²) in [6.45, 7) is 4.49. The van der Waals surface area contributed by atoms with E-state index >= 15 is 0 Å². The smallest absolute Gasteiger partial charge is 0.318 e. The maximum atomic E-state index is 13.0. The number of hydrogen-bond donors (Lipinski definition) is 4. The molecular weight excluding hydrogens is 404 g/mol. The van der Waals surface area contributed by atoms with Gasteiger partial charge in [0.25, 0.3) is 0 Å². The Morgan fingerprint density at radius 2 is 2.17 bits per heavy atom. The van der Waals surface area contributed by atoms with Gasteiger partial charge in [0.15, 0.2) is 0 Å². The van der Waals surface area contributed by atoms with Crippen LogP contribution in [0.4, 0.5) is 10.7 Å².